The lowest BCUT2D eigenvalue weighted by Gasteiger charge is -2.28. The van der Waals surface area contributed by atoms with Crippen LogP contribution < -0.4 is 4.74 Å². The fourth-order valence-corrected chi connectivity index (χ4v) is 4.61. The second-order valence-corrected chi connectivity index (χ2v) is 9.17. The van der Waals surface area contributed by atoms with Crippen LogP contribution in [0.4, 0.5) is 0 Å². The normalized spacial score (nSPS) is 13.3. The van der Waals surface area contributed by atoms with E-state index in [1.807, 2.05) is 43.3 Å². The Morgan fingerprint density at radius 1 is 1.22 bits per heavy atom. The van der Waals surface area contributed by atoms with Crippen molar-refractivity contribution in [2.75, 3.05) is 19.3 Å². The van der Waals surface area contributed by atoms with Crippen molar-refractivity contribution < 1.29 is 9.53 Å². The molecular formula is C25H22ClN3O2S. The monoisotopic (exact) mass is 463 g/mol. The quantitative estimate of drug-likeness (QED) is 0.292. The summed E-state index contributed by atoms with van der Waals surface area (Å²) in [5, 5.41) is 11.2. The maximum Gasteiger partial charge on any atom is 0.321 e. The summed E-state index contributed by atoms with van der Waals surface area (Å²) in [6, 6.07) is 17.2. The van der Waals surface area contributed by atoms with E-state index in [9.17, 15) is 10.1 Å². The molecule has 7 heteroatoms. The van der Waals surface area contributed by atoms with Gasteiger partial charge < -0.3 is 9.64 Å². The Kier molecular flexibility index (Phi) is 6.80. The fourth-order valence-electron chi connectivity index (χ4n) is 3.71. The van der Waals surface area contributed by atoms with Crippen LogP contribution >= 0.6 is 23.4 Å². The minimum absolute atomic E-state index is 0.0638. The molecule has 162 valence electrons. The van der Waals surface area contributed by atoms with E-state index in [0.29, 0.717) is 21.4 Å². The first-order chi connectivity index (χ1) is 15.4. The molecule has 0 saturated carbocycles. The molecule has 0 radical (unpaired) electrons. The third-order valence-electron chi connectivity index (χ3n) is 5.33. The summed E-state index contributed by atoms with van der Waals surface area (Å²) < 4.78 is 5.43. The number of esters is 1. The molecule has 1 aliphatic heterocycles. The third kappa shape index (κ3) is 4.97. The number of likely N-dealkylation sites (N-methyl/N-ethyl adjacent to an activating group) is 1. The van der Waals surface area contributed by atoms with Crippen molar-refractivity contribution in [1.29, 1.82) is 5.26 Å². The Hall–Kier alpha value is -2.85. The zero-order valence-corrected chi connectivity index (χ0v) is 19.5. The first-order valence-electron chi connectivity index (χ1n) is 10.2. The van der Waals surface area contributed by atoms with Crippen LogP contribution in [-0.2, 0) is 17.8 Å². The van der Waals surface area contributed by atoms with E-state index >= 15 is 0 Å². The highest BCUT2D eigenvalue weighted by atomic mass is 35.5. The van der Waals surface area contributed by atoms with Gasteiger partial charge in [0.15, 0.2) is 0 Å². The average Bonchev–Trinajstić information content (AvgIpc) is 2.79. The van der Waals surface area contributed by atoms with Gasteiger partial charge in [0.2, 0.25) is 0 Å². The summed E-state index contributed by atoms with van der Waals surface area (Å²) in [6.45, 7) is 3.59. The number of thioether (sulfide) groups is 1. The number of fused-ring (bicyclic) bond motifs is 1. The van der Waals surface area contributed by atoms with Crippen LogP contribution in [0.2, 0.25) is 5.02 Å². The first-order valence-corrected chi connectivity index (χ1v) is 11.6. The van der Waals surface area contributed by atoms with Crippen LogP contribution in [0.3, 0.4) is 0 Å². The Morgan fingerprint density at radius 3 is 2.62 bits per heavy atom. The second-order valence-electron chi connectivity index (χ2n) is 7.77. The van der Waals surface area contributed by atoms with Crippen molar-refractivity contribution in [3.8, 4) is 22.9 Å². The largest absolute Gasteiger partial charge is 0.426 e. The number of halogens is 1. The van der Waals surface area contributed by atoms with E-state index in [4.69, 9.17) is 21.3 Å². The molecule has 1 aliphatic rings. The molecule has 5 nitrogen and oxygen atoms in total. The Balaban J connectivity index is 1.65. The van der Waals surface area contributed by atoms with Crippen LogP contribution in [0.1, 0.15) is 22.4 Å². The number of benzene rings is 2. The summed E-state index contributed by atoms with van der Waals surface area (Å²) >= 11 is 7.33. The molecule has 32 heavy (non-hydrogen) atoms. The van der Waals surface area contributed by atoms with Crippen molar-refractivity contribution in [2.45, 2.75) is 24.9 Å². The van der Waals surface area contributed by atoms with E-state index < -0.39 is 0 Å². The molecule has 4 rings (SSSR count). The lowest BCUT2D eigenvalue weighted by molar-refractivity contribution is -0.131. The minimum atomic E-state index is -0.380. The van der Waals surface area contributed by atoms with E-state index in [1.165, 1.54) is 11.8 Å². The third-order valence-corrected chi connectivity index (χ3v) is 6.53. The molecule has 2 aromatic carbocycles. The summed E-state index contributed by atoms with van der Waals surface area (Å²) in [4.78, 5) is 19.4. The van der Waals surface area contributed by atoms with Crippen molar-refractivity contribution in [1.82, 2.24) is 9.88 Å². The van der Waals surface area contributed by atoms with Crippen molar-refractivity contribution in [2.24, 2.45) is 0 Å². The van der Waals surface area contributed by atoms with Gasteiger partial charge in [0.25, 0.3) is 0 Å². The number of aromatic nitrogens is 1. The number of hydrogen-bond donors (Lipinski definition) is 0. The molecule has 0 atom stereocenters. The molecule has 0 aliphatic carbocycles. The highest BCUT2D eigenvalue weighted by molar-refractivity contribution is 7.99. The van der Waals surface area contributed by atoms with Gasteiger partial charge in [-0.3, -0.25) is 4.79 Å². The zero-order chi connectivity index (χ0) is 22.7. The van der Waals surface area contributed by atoms with Gasteiger partial charge in [-0.2, -0.15) is 5.26 Å². The molecule has 3 aromatic rings. The topological polar surface area (TPSA) is 66.2 Å². The smallest absolute Gasteiger partial charge is 0.321 e. The van der Waals surface area contributed by atoms with E-state index in [0.717, 1.165) is 47.5 Å². The summed E-state index contributed by atoms with van der Waals surface area (Å²) in [7, 11) is 2.06. The van der Waals surface area contributed by atoms with E-state index in [1.54, 1.807) is 12.1 Å². The van der Waals surface area contributed by atoms with Gasteiger partial charge in [-0.15, -0.1) is 0 Å². The van der Waals surface area contributed by atoms with E-state index in [-0.39, 0.29) is 11.7 Å². The molecule has 0 saturated heterocycles. The summed E-state index contributed by atoms with van der Waals surface area (Å²) in [5.74, 6) is 0.189. The first kappa shape index (κ1) is 22.3. The number of rotatable bonds is 5. The minimum Gasteiger partial charge on any atom is -0.426 e. The van der Waals surface area contributed by atoms with Gasteiger partial charge in [0, 0.05) is 35.8 Å². The molecular weight excluding hydrogens is 442 g/mol. The molecule has 2 heterocycles. The molecule has 0 amide bonds. The molecule has 0 N–H and O–H groups in total. The predicted octanol–water partition coefficient (Wildman–Crippen LogP) is 5.27. The zero-order valence-electron chi connectivity index (χ0n) is 17.9. The van der Waals surface area contributed by atoms with Gasteiger partial charge in [-0.25, -0.2) is 4.98 Å². The Bertz CT molecular complexity index is 1190. The highest BCUT2D eigenvalue weighted by Crippen LogP contribution is 2.37. The van der Waals surface area contributed by atoms with Gasteiger partial charge in [0.05, 0.1) is 11.3 Å². The lowest BCUT2D eigenvalue weighted by atomic mass is 9.92. The van der Waals surface area contributed by atoms with Crippen LogP contribution in [0.25, 0.3) is 11.1 Å². The SMILES string of the molecule is Cc1ccc(OC(=O)CSc2nc3c(c(-c4ccc(Cl)cc4)c2C#N)CN(C)CC3)cc1. The number of nitriles is 1. The number of hydrogen-bond acceptors (Lipinski definition) is 6. The lowest BCUT2D eigenvalue weighted by Crippen LogP contribution is -2.28. The number of ether oxygens (including phenoxy) is 1. The maximum absolute atomic E-state index is 12.4. The molecule has 0 unspecified atom stereocenters. The second kappa shape index (κ2) is 9.74. The average molecular weight is 464 g/mol. The standard InChI is InChI=1S/C25H22ClN3O2S/c1-16-3-9-19(10-4-16)31-23(30)15-32-25-20(13-27)24(17-5-7-18(26)8-6-17)21-14-29(2)12-11-22(21)28-25/h3-10H,11-12,14-15H2,1-2H3. The van der Waals surface area contributed by atoms with Crippen molar-refractivity contribution >= 4 is 29.3 Å². The highest BCUT2D eigenvalue weighted by Gasteiger charge is 2.25. The fraction of sp³-hybridized carbons (Fsp3) is 0.240. The van der Waals surface area contributed by atoms with Gasteiger partial charge >= 0.3 is 5.97 Å². The Morgan fingerprint density at radius 2 is 1.94 bits per heavy atom. The maximum atomic E-state index is 12.4. The number of pyridine rings is 1. The predicted molar refractivity (Wildman–Crippen MR) is 127 cm³/mol. The molecule has 0 fully saturated rings. The number of aryl methyl sites for hydroxylation is 1. The van der Waals surface area contributed by atoms with Crippen LogP contribution in [0.15, 0.2) is 53.6 Å². The Labute approximate surface area is 197 Å². The summed E-state index contributed by atoms with van der Waals surface area (Å²) in [5.41, 5.74) is 5.40. The van der Waals surface area contributed by atoms with Gasteiger partial charge in [-0.05, 0) is 49.4 Å². The van der Waals surface area contributed by atoms with Crippen LogP contribution in [0.5, 0.6) is 5.75 Å². The van der Waals surface area contributed by atoms with Crippen LogP contribution in [0, 0.1) is 18.3 Å². The number of carbonyl (C=O) groups is 1. The van der Waals surface area contributed by atoms with Gasteiger partial charge in [-0.1, -0.05) is 53.2 Å². The number of nitrogens with zero attached hydrogens (tertiary/aromatic N) is 3. The molecule has 1 aromatic heterocycles. The van der Waals surface area contributed by atoms with Crippen molar-refractivity contribution in [3.63, 3.8) is 0 Å². The van der Waals surface area contributed by atoms with Crippen molar-refractivity contribution in [3.05, 3.63) is 75.9 Å². The summed E-state index contributed by atoms with van der Waals surface area (Å²) in [6.07, 6.45) is 0.791. The molecule has 0 bridgehead atoms. The number of carbonyl (C=O) groups excluding carboxylic acids is 1. The van der Waals surface area contributed by atoms with Gasteiger partial charge in [0.1, 0.15) is 16.8 Å². The van der Waals surface area contributed by atoms with Crippen LogP contribution in [-0.4, -0.2) is 35.2 Å². The van der Waals surface area contributed by atoms with E-state index in [2.05, 4.69) is 18.0 Å². The molecule has 0 spiro atoms.